The van der Waals surface area contributed by atoms with Gasteiger partial charge in [0.2, 0.25) is 11.8 Å². The summed E-state index contributed by atoms with van der Waals surface area (Å²) >= 11 is 0. The second kappa shape index (κ2) is 9.89. The van der Waals surface area contributed by atoms with Crippen molar-refractivity contribution in [2.24, 2.45) is 0 Å². The first-order valence-electron chi connectivity index (χ1n) is 10.8. The Morgan fingerprint density at radius 1 is 0.643 bits per heavy atom. The highest BCUT2D eigenvalue weighted by molar-refractivity contribution is 5.95. The Kier molecular flexibility index (Phi) is 7.28. The lowest BCUT2D eigenvalue weighted by molar-refractivity contribution is -0.128. The van der Waals surface area contributed by atoms with Gasteiger partial charge in [-0.05, 0) is 51.4 Å². The number of rotatable bonds is 2. The van der Waals surface area contributed by atoms with Crippen LogP contribution in [0.4, 0.5) is 9.59 Å². The highest BCUT2D eigenvalue weighted by Crippen LogP contribution is 2.20. The van der Waals surface area contributed by atoms with E-state index in [-0.39, 0.29) is 36.0 Å². The second-order valence-electron chi connectivity index (χ2n) is 8.16. The molecule has 0 spiro atoms. The maximum absolute atomic E-state index is 12.4. The first-order chi connectivity index (χ1) is 13.5. The third-order valence-electron chi connectivity index (χ3n) is 6.02. The fourth-order valence-electron chi connectivity index (χ4n) is 4.28. The van der Waals surface area contributed by atoms with Crippen LogP contribution in [0.25, 0.3) is 0 Å². The van der Waals surface area contributed by atoms with Crippen LogP contribution in [0.2, 0.25) is 0 Å². The largest absolute Gasteiger partial charge is 0.335 e. The molecule has 28 heavy (non-hydrogen) atoms. The molecule has 0 aromatic rings. The Labute approximate surface area is 166 Å². The number of nitrogens with one attached hydrogen (secondary N) is 2. The molecule has 2 aliphatic heterocycles. The first kappa shape index (κ1) is 20.6. The van der Waals surface area contributed by atoms with E-state index in [0.29, 0.717) is 25.9 Å². The Morgan fingerprint density at radius 2 is 1.04 bits per heavy atom. The summed E-state index contributed by atoms with van der Waals surface area (Å²) in [5, 5.41) is 5.98. The molecule has 3 rings (SSSR count). The lowest BCUT2D eigenvalue weighted by Gasteiger charge is -2.32. The molecule has 0 bridgehead atoms. The van der Waals surface area contributed by atoms with Crippen molar-refractivity contribution in [3.8, 4) is 0 Å². The molecule has 3 aliphatic rings. The van der Waals surface area contributed by atoms with Crippen molar-refractivity contribution >= 4 is 23.9 Å². The van der Waals surface area contributed by atoms with Gasteiger partial charge in [-0.3, -0.25) is 19.4 Å². The fraction of sp³-hybridized carbons (Fsp3) is 0.800. The van der Waals surface area contributed by atoms with E-state index in [2.05, 4.69) is 10.6 Å². The van der Waals surface area contributed by atoms with Crippen molar-refractivity contribution < 1.29 is 19.2 Å². The third-order valence-corrected chi connectivity index (χ3v) is 6.02. The molecule has 156 valence electrons. The molecule has 8 heteroatoms. The van der Waals surface area contributed by atoms with Crippen LogP contribution in [0, 0.1) is 0 Å². The Balaban J connectivity index is 1.42. The smallest absolute Gasteiger partial charge is 0.324 e. The van der Waals surface area contributed by atoms with Gasteiger partial charge in [-0.1, -0.05) is 12.8 Å². The van der Waals surface area contributed by atoms with Gasteiger partial charge in [-0.15, -0.1) is 0 Å². The van der Waals surface area contributed by atoms with Gasteiger partial charge in [0, 0.05) is 38.0 Å². The molecule has 2 heterocycles. The Hall–Kier alpha value is -2.12. The van der Waals surface area contributed by atoms with Gasteiger partial charge in [0.25, 0.3) is 0 Å². The molecule has 0 aromatic carbocycles. The van der Waals surface area contributed by atoms with Crippen molar-refractivity contribution in [2.45, 2.75) is 89.1 Å². The molecule has 2 saturated heterocycles. The molecule has 6 amide bonds. The number of nitrogens with zero attached hydrogens (tertiary/aromatic N) is 2. The molecule has 0 aromatic heterocycles. The maximum Gasteiger partial charge on any atom is 0.324 e. The van der Waals surface area contributed by atoms with E-state index >= 15 is 0 Å². The lowest BCUT2D eigenvalue weighted by Crippen LogP contribution is -2.51. The van der Waals surface area contributed by atoms with Crippen molar-refractivity contribution in [1.29, 1.82) is 0 Å². The van der Waals surface area contributed by atoms with Crippen molar-refractivity contribution in [1.82, 2.24) is 20.4 Å². The maximum atomic E-state index is 12.4. The van der Waals surface area contributed by atoms with E-state index in [4.69, 9.17) is 0 Å². The molecular formula is C20H32N4O4. The van der Waals surface area contributed by atoms with Crippen LogP contribution in [-0.2, 0) is 9.59 Å². The minimum absolute atomic E-state index is 0.0246. The summed E-state index contributed by atoms with van der Waals surface area (Å²) in [5.74, 6) is -0.170. The minimum atomic E-state index is -0.283. The van der Waals surface area contributed by atoms with Crippen LogP contribution in [0.15, 0.2) is 0 Å². The zero-order chi connectivity index (χ0) is 19.9. The highest BCUT2D eigenvalue weighted by atomic mass is 16.2. The SMILES string of the molecule is O=C1CCCCCN1C(=O)NC1CCC(NC(=O)N2CCCCCC2=O)CC1. The van der Waals surface area contributed by atoms with Gasteiger partial charge in [0.1, 0.15) is 0 Å². The van der Waals surface area contributed by atoms with E-state index in [1.54, 1.807) is 0 Å². The summed E-state index contributed by atoms with van der Waals surface area (Å²) in [7, 11) is 0. The quantitative estimate of drug-likeness (QED) is 0.754. The molecule has 3 fully saturated rings. The number of hydrogen-bond acceptors (Lipinski definition) is 4. The van der Waals surface area contributed by atoms with Crippen LogP contribution in [0.5, 0.6) is 0 Å². The number of imide groups is 2. The van der Waals surface area contributed by atoms with Crippen molar-refractivity contribution in [2.75, 3.05) is 13.1 Å². The van der Waals surface area contributed by atoms with Crippen LogP contribution >= 0.6 is 0 Å². The summed E-state index contributed by atoms with van der Waals surface area (Å²) in [6, 6.07) is -0.517. The van der Waals surface area contributed by atoms with Gasteiger partial charge >= 0.3 is 12.1 Å². The Bertz CT molecular complexity index is 549. The van der Waals surface area contributed by atoms with Gasteiger partial charge in [0.05, 0.1) is 0 Å². The van der Waals surface area contributed by atoms with Crippen LogP contribution < -0.4 is 10.6 Å². The summed E-state index contributed by atoms with van der Waals surface area (Å²) in [6.45, 7) is 1.000. The van der Waals surface area contributed by atoms with Crippen molar-refractivity contribution in [3.63, 3.8) is 0 Å². The topological polar surface area (TPSA) is 98.8 Å². The van der Waals surface area contributed by atoms with Crippen molar-refractivity contribution in [3.05, 3.63) is 0 Å². The van der Waals surface area contributed by atoms with E-state index in [9.17, 15) is 19.2 Å². The number of carbonyl (C=O) groups excluding carboxylic acids is 4. The van der Waals surface area contributed by atoms with Crippen LogP contribution in [-0.4, -0.2) is 58.8 Å². The molecular weight excluding hydrogens is 360 g/mol. The standard InChI is InChI=1S/C20H32N4O4/c25-17-7-3-1-5-13-23(17)19(27)21-15-9-11-16(12-10-15)22-20(28)24-14-6-2-4-8-18(24)26/h15-16H,1-14H2,(H,21,27)(H,22,28). The average molecular weight is 393 g/mol. The molecule has 2 N–H and O–H groups in total. The average Bonchev–Trinajstić information content (AvgIpc) is 3.03. The van der Waals surface area contributed by atoms with E-state index < -0.39 is 0 Å². The normalized spacial score (nSPS) is 27.0. The summed E-state index contributed by atoms with van der Waals surface area (Å²) < 4.78 is 0. The summed E-state index contributed by atoms with van der Waals surface area (Å²) in [5.41, 5.74) is 0. The van der Waals surface area contributed by atoms with E-state index in [0.717, 1.165) is 64.2 Å². The number of urea groups is 2. The molecule has 1 saturated carbocycles. The van der Waals surface area contributed by atoms with Crippen LogP contribution in [0.1, 0.15) is 77.0 Å². The molecule has 8 nitrogen and oxygen atoms in total. The minimum Gasteiger partial charge on any atom is -0.335 e. The van der Waals surface area contributed by atoms with E-state index in [1.807, 2.05) is 0 Å². The van der Waals surface area contributed by atoms with E-state index in [1.165, 1.54) is 9.80 Å². The predicted octanol–water partition coefficient (Wildman–Crippen LogP) is 2.52. The molecule has 0 unspecified atom stereocenters. The number of hydrogen-bond donors (Lipinski definition) is 2. The Morgan fingerprint density at radius 3 is 1.43 bits per heavy atom. The van der Waals surface area contributed by atoms with Gasteiger partial charge in [-0.25, -0.2) is 9.59 Å². The fourth-order valence-corrected chi connectivity index (χ4v) is 4.28. The van der Waals surface area contributed by atoms with Gasteiger partial charge in [-0.2, -0.15) is 0 Å². The summed E-state index contributed by atoms with van der Waals surface area (Å²) in [4.78, 5) is 51.7. The number of amides is 6. The third kappa shape index (κ3) is 5.45. The predicted molar refractivity (Wildman–Crippen MR) is 103 cm³/mol. The molecule has 0 radical (unpaired) electrons. The molecule has 1 aliphatic carbocycles. The number of likely N-dealkylation sites (tertiary alicyclic amines) is 2. The number of carbonyl (C=O) groups is 4. The van der Waals surface area contributed by atoms with Crippen LogP contribution in [0.3, 0.4) is 0 Å². The second-order valence-corrected chi connectivity index (χ2v) is 8.16. The lowest BCUT2D eigenvalue weighted by atomic mass is 9.91. The zero-order valence-electron chi connectivity index (χ0n) is 16.6. The molecule has 0 atom stereocenters. The van der Waals surface area contributed by atoms with Gasteiger partial charge in [0.15, 0.2) is 0 Å². The monoisotopic (exact) mass is 392 g/mol. The first-order valence-corrected chi connectivity index (χ1v) is 10.8. The zero-order valence-corrected chi connectivity index (χ0v) is 16.6. The highest BCUT2D eigenvalue weighted by Gasteiger charge is 2.30. The van der Waals surface area contributed by atoms with Gasteiger partial charge < -0.3 is 10.6 Å². The summed E-state index contributed by atoms with van der Waals surface area (Å²) in [6.07, 6.45) is 9.33.